The molecular weight excluding hydrogens is 334 g/mol. The quantitative estimate of drug-likeness (QED) is 0.888. The van der Waals surface area contributed by atoms with E-state index in [-0.39, 0.29) is 11.8 Å². The van der Waals surface area contributed by atoms with Crippen molar-refractivity contribution in [2.45, 2.75) is 10.8 Å². The fourth-order valence-corrected chi connectivity index (χ4v) is 4.93. The molecule has 2 N–H and O–H groups in total. The van der Waals surface area contributed by atoms with Crippen molar-refractivity contribution in [1.82, 2.24) is 4.31 Å². The van der Waals surface area contributed by atoms with Crippen molar-refractivity contribution in [3.05, 3.63) is 60.2 Å². The third kappa shape index (κ3) is 3.56. The van der Waals surface area contributed by atoms with Gasteiger partial charge in [-0.15, -0.1) is 0 Å². The van der Waals surface area contributed by atoms with E-state index in [0.29, 0.717) is 24.5 Å². The molecule has 6 heteroatoms. The van der Waals surface area contributed by atoms with E-state index in [2.05, 4.69) is 12.1 Å². The first-order valence-corrected chi connectivity index (χ1v) is 9.90. The lowest BCUT2D eigenvalue weighted by molar-refractivity contribution is 0.459. The lowest BCUT2D eigenvalue weighted by atomic mass is 9.89. The Labute approximate surface area is 150 Å². The van der Waals surface area contributed by atoms with Crippen LogP contribution in [0.1, 0.15) is 11.5 Å². The molecule has 5 nitrogen and oxygen atoms in total. The van der Waals surface area contributed by atoms with Crippen molar-refractivity contribution in [2.75, 3.05) is 38.6 Å². The first-order chi connectivity index (χ1) is 11.9. The summed E-state index contributed by atoms with van der Waals surface area (Å²) in [4.78, 5) is 2.28. The topological polar surface area (TPSA) is 66.6 Å². The van der Waals surface area contributed by atoms with E-state index in [9.17, 15) is 8.42 Å². The molecule has 0 bridgehead atoms. The minimum atomic E-state index is -3.51. The van der Waals surface area contributed by atoms with E-state index >= 15 is 0 Å². The zero-order valence-electron chi connectivity index (χ0n) is 14.7. The van der Waals surface area contributed by atoms with Crippen LogP contribution in [0.2, 0.25) is 0 Å². The van der Waals surface area contributed by atoms with Crippen LogP contribution in [0.15, 0.2) is 59.5 Å². The lowest BCUT2D eigenvalue weighted by Crippen LogP contribution is -2.30. The van der Waals surface area contributed by atoms with E-state index in [1.165, 1.54) is 0 Å². The van der Waals surface area contributed by atoms with Crippen molar-refractivity contribution in [2.24, 2.45) is 11.7 Å². The zero-order chi connectivity index (χ0) is 18.0. The second-order valence-corrected chi connectivity index (χ2v) is 8.66. The monoisotopic (exact) mass is 359 g/mol. The van der Waals surface area contributed by atoms with Gasteiger partial charge in [0.2, 0.25) is 10.0 Å². The molecule has 0 amide bonds. The van der Waals surface area contributed by atoms with Crippen LogP contribution in [-0.4, -0.2) is 46.5 Å². The molecule has 0 unspecified atom stereocenters. The van der Waals surface area contributed by atoms with Gasteiger partial charge in [0.1, 0.15) is 0 Å². The van der Waals surface area contributed by atoms with Gasteiger partial charge in [0.15, 0.2) is 0 Å². The molecule has 1 aliphatic rings. The van der Waals surface area contributed by atoms with Crippen LogP contribution in [0.25, 0.3) is 0 Å². The number of benzene rings is 2. The summed E-state index contributed by atoms with van der Waals surface area (Å²) in [5.74, 6) is 0.278. The van der Waals surface area contributed by atoms with Crippen LogP contribution < -0.4 is 10.6 Å². The van der Waals surface area contributed by atoms with Crippen molar-refractivity contribution in [3.63, 3.8) is 0 Å². The van der Waals surface area contributed by atoms with Crippen molar-refractivity contribution in [3.8, 4) is 0 Å². The predicted molar refractivity (Wildman–Crippen MR) is 101 cm³/mol. The van der Waals surface area contributed by atoms with Crippen LogP contribution in [0.5, 0.6) is 0 Å². The molecule has 1 heterocycles. The largest absolute Gasteiger partial charge is 0.378 e. The van der Waals surface area contributed by atoms with Crippen molar-refractivity contribution in [1.29, 1.82) is 0 Å². The van der Waals surface area contributed by atoms with Gasteiger partial charge in [-0.3, -0.25) is 0 Å². The highest BCUT2D eigenvalue weighted by molar-refractivity contribution is 7.89. The van der Waals surface area contributed by atoms with Gasteiger partial charge in [-0.05, 0) is 42.3 Å². The fraction of sp³-hybridized carbons (Fsp3) is 0.368. The molecule has 0 spiro atoms. The summed E-state index contributed by atoms with van der Waals surface area (Å²) < 4.78 is 27.6. The second kappa shape index (κ2) is 7.15. The van der Waals surface area contributed by atoms with E-state index < -0.39 is 10.0 Å². The van der Waals surface area contributed by atoms with Gasteiger partial charge in [0.25, 0.3) is 0 Å². The third-order valence-corrected chi connectivity index (χ3v) is 6.77. The number of anilines is 1. The fourth-order valence-electron chi connectivity index (χ4n) is 3.41. The molecule has 2 aromatic rings. The number of sulfonamides is 1. The summed E-state index contributed by atoms with van der Waals surface area (Å²) in [5.41, 5.74) is 8.06. The minimum absolute atomic E-state index is 0.137. The Bertz CT molecular complexity index is 804. The van der Waals surface area contributed by atoms with Gasteiger partial charge < -0.3 is 10.6 Å². The number of hydrogen-bond donors (Lipinski definition) is 1. The van der Waals surface area contributed by atoms with Gasteiger partial charge in [-0.1, -0.05) is 30.3 Å². The van der Waals surface area contributed by atoms with Crippen LogP contribution in [0.4, 0.5) is 5.69 Å². The smallest absolute Gasteiger partial charge is 0.243 e. The molecular formula is C19H25N3O2S. The van der Waals surface area contributed by atoms with E-state index in [4.69, 9.17) is 5.73 Å². The molecule has 25 heavy (non-hydrogen) atoms. The van der Waals surface area contributed by atoms with Crippen LogP contribution >= 0.6 is 0 Å². The summed E-state index contributed by atoms with van der Waals surface area (Å²) in [6.45, 7) is 1.42. The summed E-state index contributed by atoms with van der Waals surface area (Å²) in [5, 5.41) is 0. The van der Waals surface area contributed by atoms with E-state index in [1.54, 1.807) is 16.4 Å². The van der Waals surface area contributed by atoms with E-state index in [0.717, 1.165) is 11.3 Å². The Morgan fingerprint density at radius 2 is 1.68 bits per heavy atom. The second-order valence-electron chi connectivity index (χ2n) is 6.72. The highest BCUT2D eigenvalue weighted by atomic mass is 32.2. The SMILES string of the molecule is CN(C)c1ccc(S(=O)(=O)N2C[C@@H](CN)[C@H](c3ccccc3)C2)cc1. The summed E-state index contributed by atoms with van der Waals surface area (Å²) >= 11 is 0. The average Bonchev–Trinajstić information content (AvgIpc) is 3.08. The van der Waals surface area contributed by atoms with Crippen molar-refractivity contribution < 1.29 is 8.42 Å². The molecule has 0 radical (unpaired) electrons. The molecule has 3 rings (SSSR count). The highest BCUT2D eigenvalue weighted by Gasteiger charge is 2.39. The third-order valence-electron chi connectivity index (χ3n) is 4.93. The van der Waals surface area contributed by atoms with Gasteiger partial charge in [0, 0.05) is 38.8 Å². The summed E-state index contributed by atoms with van der Waals surface area (Å²) in [7, 11) is 0.356. The molecule has 2 atom stereocenters. The van der Waals surface area contributed by atoms with Gasteiger partial charge in [-0.25, -0.2) is 8.42 Å². The maximum absolute atomic E-state index is 13.0. The Balaban J connectivity index is 1.85. The minimum Gasteiger partial charge on any atom is -0.378 e. The Kier molecular flexibility index (Phi) is 5.13. The van der Waals surface area contributed by atoms with Crippen LogP contribution in [-0.2, 0) is 10.0 Å². The predicted octanol–water partition coefficient (Wildman–Crippen LogP) is 2.12. The number of rotatable bonds is 5. The number of hydrogen-bond acceptors (Lipinski definition) is 4. The van der Waals surface area contributed by atoms with Gasteiger partial charge >= 0.3 is 0 Å². The molecule has 2 aromatic carbocycles. The Hall–Kier alpha value is -1.89. The molecule has 1 saturated heterocycles. The first-order valence-electron chi connectivity index (χ1n) is 8.46. The van der Waals surface area contributed by atoms with E-state index in [1.807, 2.05) is 49.3 Å². The Morgan fingerprint density at radius 3 is 2.24 bits per heavy atom. The van der Waals surface area contributed by atoms with Gasteiger partial charge in [-0.2, -0.15) is 4.31 Å². The molecule has 0 saturated carbocycles. The number of nitrogens with zero attached hydrogens (tertiary/aromatic N) is 2. The first kappa shape index (κ1) is 17.9. The van der Waals surface area contributed by atoms with Gasteiger partial charge in [0.05, 0.1) is 4.90 Å². The van der Waals surface area contributed by atoms with Crippen LogP contribution in [0, 0.1) is 5.92 Å². The number of nitrogens with two attached hydrogens (primary N) is 1. The lowest BCUT2D eigenvalue weighted by Gasteiger charge is -2.18. The summed E-state index contributed by atoms with van der Waals surface area (Å²) in [6.07, 6.45) is 0. The van der Waals surface area contributed by atoms with Crippen LogP contribution in [0.3, 0.4) is 0 Å². The maximum Gasteiger partial charge on any atom is 0.243 e. The molecule has 1 fully saturated rings. The molecule has 0 aliphatic carbocycles. The molecule has 134 valence electrons. The maximum atomic E-state index is 13.0. The molecule has 0 aromatic heterocycles. The summed E-state index contributed by atoms with van der Waals surface area (Å²) in [6, 6.07) is 17.1. The Morgan fingerprint density at radius 1 is 1.04 bits per heavy atom. The molecule has 1 aliphatic heterocycles. The average molecular weight is 359 g/mol. The zero-order valence-corrected chi connectivity index (χ0v) is 15.5. The standard InChI is InChI=1S/C19H25N3O2S/c1-21(2)17-8-10-18(11-9-17)25(23,24)22-13-16(12-20)19(14-22)15-6-4-3-5-7-15/h3-11,16,19H,12-14,20H2,1-2H3/t16-,19+/m1/s1. The van der Waals surface area contributed by atoms with Crippen molar-refractivity contribution >= 4 is 15.7 Å². The highest BCUT2D eigenvalue weighted by Crippen LogP contribution is 2.35. The normalized spacial score (nSPS) is 21.4.